The second-order valence-corrected chi connectivity index (χ2v) is 6.77. The summed E-state index contributed by atoms with van der Waals surface area (Å²) in [6.07, 6.45) is 5.35. The largest absolute Gasteiger partial charge is 0.313 e. The van der Waals surface area contributed by atoms with Crippen molar-refractivity contribution in [3.8, 4) is 0 Å². The SMILES string of the molecule is CCCN(Cc1ccc(C)s1)CC1CCCCN1. The maximum Gasteiger partial charge on any atom is 0.0328 e. The third kappa shape index (κ3) is 4.38. The number of aryl methyl sites for hydroxylation is 1. The van der Waals surface area contributed by atoms with Crippen LogP contribution >= 0.6 is 11.3 Å². The summed E-state index contributed by atoms with van der Waals surface area (Å²) in [7, 11) is 0. The summed E-state index contributed by atoms with van der Waals surface area (Å²) in [4.78, 5) is 5.56. The van der Waals surface area contributed by atoms with Gasteiger partial charge in [-0.1, -0.05) is 13.3 Å². The van der Waals surface area contributed by atoms with Crippen LogP contribution in [0, 0.1) is 6.92 Å². The Bertz CT molecular complexity index is 342. The van der Waals surface area contributed by atoms with E-state index in [9.17, 15) is 0 Å². The zero-order valence-corrected chi connectivity index (χ0v) is 12.6. The van der Waals surface area contributed by atoms with E-state index in [0.717, 1.165) is 6.54 Å². The molecule has 0 aromatic carbocycles. The molecule has 1 aromatic heterocycles. The zero-order valence-electron chi connectivity index (χ0n) is 11.7. The molecule has 1 aromatic rings. The van der Waals surface area contributed by atoms with Gasteiger partial charge in [0.25, 0.3) is 0 Å². The molecular weight excluding hydrogens is 240 g/mol. The lowest BCUT2D eigenvalue weighted by atomic mass is 10.0. The van der Waals surface area contributed by atoms with Crippen LogP contribution in [-0.2, 0) is 6.54 Å². The van der Waals surface area contributed by atoms with E-state index in [0.29, 0.717) is 6.04 Å². The second-order valence-electron chi connectivity index (χ2n) is 5.39. The van der Waals surface area contributed by atoms with Gasteiger partial charge in [0.1, 0.15) is 0 Å². The van der Waals surface area contributed by atoms with E-state index >= 15 is 0 Å². The molecule has 1 atom stereocenters. The molecule has 3 heteroatoms. The average Bonchev–Trinajstić information content (AvgIpc) is 2.76. The van der Waals surface area contributed by atoms with Gasteiger partial charge in [0, 0.05) is 28.9 Å². The highest BCUT2D eigenvalue weighted by Gasteiger charge is 2.16. The number of nitrogens with one attached hydrogen (secondary N) is 1. The molecule has 0 spiro atoms. The summed E-state index contributed by atoms with van der Waals surface area (Å²) in [6.45, 7) is 9.25. The quantitative estimate of drug-likeness (QED) is 0.849. The van der Waals surface area contributed by atoms with Crippen molar-refractivity contribution in [2.24, 2.45) is 0 Å². The Balaban J connectivity index is 1.86. The number of piperidine rings is 1. The molecule has 1 aliphatic rings. The van der Waals surface area contributed by atoms with Gasteiger partial charge in [-0.15, -0.1) is 11.3 Å². The van der Waals surface area contributed by atoms with Crippen molar-refractivity contribution in [3.63, 3.8) is 0 Å². The minimum Gasteiger partial charge on any atom is -0.313 e. The number of rotatable bonds is 6. The van der Waals surface area contributed by atoms with Gasteiger partial charge in [0.05, 0.1) is 0 Å². The molecule has 1 unspecified atom stereocenters. The molecule has 2 rings (SSSR count). The smallest absolute Gasteiger partial charge is 0.0328 e. The third-order valence-corrected chi connectivity index (χ3v) is 4.59. The predicted octanol–water partition coefficient (Wildman–Crippen LogP) is 3.41. The fourth-order valence-corrected chi connectivity index (χ4v) is 3.67. The molecular formula is C15H26N2S. The van der Waals surface area contributed by atoms with Crippen molar-refractivity contribution in [1.29, 1.82) is 0 Å². The van der Waals surface area contributed by atoms with Crippen molar-refractivity contribution < 1.29 is 0 Å². The van der Waals surface area contributed by atoms with E-state index in [-0.39, 0.29) is 0 Å². The Labute approximate surface area is 115 Å². The van der Waals surface area contributed by atoms with Gasteiger partial charge >= 0.3 is 0 Å². The molecule has 2 nitrogen and oxygen atoms in total. The molecule has 0 aliphatic carbocycles. The Kier molecular flexibility index (Phi) is 5.67. The van der Waals surface area contributed by atoms with E-state index in [1.54, 1.807) is 0 Å². The average molecular weight is 266 g/mol. The van der Waals surface area contributed by atoms with Gasteiger partial charge in [-0.3, -0.25) is 4.90 Å². The van der Waals surface area contributed by atoms with Gasteiger partial charge in [-0.2, -0.15) is 0 Å². The molecule has 1 saturated heterocycles. The topological polar surface area (TPSA) is 15.3 Å². The first kappa shape index (κ1) is 14.0. The van der Waals surface area contributed by atoms with Gasteiger partial charge in [0.2, 0.25) is 0 Å². The molecule has 1 aliphatic heterocycles. The normalized spacial score (nSPS) is 20.5. The minimum atomic E-state index is 0.714. The highest BCUT2D eigenvalue weighted by atomic mass is 32.1. The lowest BCUT2D eigenvalue weighted by Gasteiger charge is -2.30. The lowest BCUT2D eigenvalue weighted by molar-refractivity contribution is 0.219. The van der Waals surface area contributed by atoms with Crippen molar-refractivity contribution in [1.82, 2.24) is 10.2 Å². The monoisotopic (exact) mass is 266 g/mol. The Morgan fingerprint density at radius 1 is 1.39 bits per heavy atom. The molecule has 0 bridgehead atoms. The molecule has 1 N–H and O–H groups in total. The van der Waals surface area contributed by atoms with Crippen molar-refractivity contribution >= 4 is 11.3 Å². The summed E-state index contributed by atoms with van der Waals surface area (Å²) in [5.41, 5.74) is 0. The van der Waals surface area contributed by atoms with E-state index in [2.05, 4.69) is 36.2 Å². The molecule has 18 heavy (non-hydrogen) atoms. The first-order valence-electron chi connectivity index (χ1n) is 7.29. The van der Waals surface area contributed by atoms with E-state index in [1.165, 1.54) is 55.1 Å². The van der Waals surface area contributed by atoms with Crippen LogP contribution in [0.15, 0.2) is 12.1 Å². The maximum absolute atomic E-state index is 3.66. The van der Waals surface area contributed by atoms with Gasteiger partial charge in [0.15, 0.2) is 0 Å². The second kappa shape index (κ2) is 7.27. The van der Waals surface area contributed by atoms with Crippen molar-refractivity contribution in [2.45, 2.75) is 52.1 Å². The fraction of sp³-hybridized carbons (Fsp3) is 0.733. The van der Waals surface area contributed by atoms with Crippen LogP contribution in [0.5, 0.6) is 0 Å². The van der Waals surface area contributed by atoms with Crippen LogP contribution in [-0.4, -0.2) is 30.6 Å². The predicted molar refractivity (Wildman–Crippen MR) is 80.3 cm³/mol. The summed E-state index contributed by atoms with van der Waals surface area (Å²) in [5.74, 6) is 0. The Hall–Kier alpha value is -0.380. The van der Waals surface area contributed by atoms with Crippen LogP contribution in [0.3, 0.4) is 0 Å². The van der Waals surface area contributed by atoms with Crippen LogP contribution < -0.4 is 5.32 Å². The highest BCUT2D eigenvalue weighted by molar-refractivity contribution is 7.11. The number of thiophene rings is 1. The van der Waals surface area contributed by atoms with E-state index in [4.69, 9.17) is 0 Å². The van der Waals surface area contributed by atoms with Crippen LogP contribution in [0.25, 0.3) is 0 Å². The summed E-state index contributed by atoms with van der Waals surface area (Å²) in [6, 6.07) is 5.24. The highest BCUT2D eigenvalue weighted by Crippen LogP contribution is 2.18. The van der Waals surface area contributed by atoms with Crippen molar-refractivity contribution in [3.05, 3.63) is 21.9 Å². The fourth-order valence-electron chi connectivity index (χ4n) is 2.73. The summed E-state index contributed by atoms with van der Waals surface area (Å²) >= 11 is 1.94. The first-order chi connectivity index (χ1) is 8.78. The number of hydrogen-bond donors (Lipinski definition) is 1. The molecule has 2 heterocycles. The lowest BCUT2D eigenvalue weighted by Crippen LogP contribution is -2.43. The van der Waals surface area contributed by atoms with Crippen LogP contribution in [0.4, 0.5) is 0 Å². The minimum absolute atomic E-state index is 0.714. The van der Waals surface area contributed by atoms with E-state index < -0.39 is 0 Å². The van der Waals surface area contributed by atoms with Gasteiger partial charge in [-0.25, -0.2) is 0 Å². The zero-order chi connectivity index (χ0) is 12.8. The molecule has 0 saturated carbocycles. The third-order valence-electron chi connectivity index (χ3n) is 3.61. The molecule has 1 fully saturated rings. The van der Waals surface area contributed by atoms with Crippen LogP contribution in [0.1, 0.15) is 42.4 Å². The molecule has 102 valence electrons. The van der Waals surface area contributed by atoms with Gasteiger partial charge < -0.3 is 5.32 Å². The maximum atomic E-state index is 3.66. The first-order valence-corrected chi connectivity index (χ1v) is 8.10. The summed E-state index contributed by atoms with van der Waals surface area (Å²) in [5, 5.41) is 3.66. The number of nitrogens with zero attached hydrogens (tertiary/aromatic N) is 1. The standard InChI is InChI=1S/C15H26N2S/c1-3-10-17(11-14-6-4-5-9-16-14)12-15-8-7-13(2)18-15/h7-8,14,16H,3-6,9-12H2,1-2H3. The molecule has 0 radical (unpaired) electrons. The van der Waals surface area contributed by atoms with E-state index in [1.807, 2.05) is 11.3 Å². The summed E-state index contributed by atoms with van der Waals surface area (Å²) < 4.78 is 0. The Morgan fingerprint density at radius 2 is 2.28 bits per heavy atom. The Morgan fingerprint density at radius 3 is 2.89 bits per heavy atom. The van der Waals surface area contributed by atoms with Crippen molar-refractivity contribution in [2.75, 3.05) is 19.6 Å². The number of hydrogen-bond acceptors (Lipinski definition) is 3. The molecule has 0 amide bonds. The van der Waals surface area contributed by atoms with Crippen LogP contribution in [0.2, 0.25) is 0 Å². The van der Waals surface area contributed by atoms with Gasteiger partial charge in [-0.05, 0) is 51.4 Å².